The van der Waals surface area contributed by atoms with Crippen LogP contribution in [0.1, 0.15) is 10.4 Å². The van der Waals surface area contributed by atoms with Crippen LogP contribution in [0.4, 0.5) is 5.69 Å². The maximum Gasteiger partial charge on any atom is 0.236 e. The van der Waals surface area contributed by atoms with Gasteiger partial charge in [0.25, 0.3) is 0 Å². The molecule has 2 N–H and O–H groups in total. The summed E-state index contributed by atoms with van der Waals surface area (Å²) in [6.07, 6.45) is 0.771. The average Bonchev–Trinajstić information content (AvgIpc) is 3.27. The molecule has 0 spiro atoms. The minimum absolute atomic E-state index is 0. The molecule has 0 bridgehead atoms. The van der Waals surface area contributed by atoms with E-state index in [0.29, 0.717) is 25.6 Å². The first-order valence-corrected chi connectivity index (χ1v) is 10.6. The van der Waals surface area contributed by atoms with Crippen LogP contribution in [0.3, 0.4) is 0 Å². The van der Waals surface area contributed by atoms with Gasteiger partial charge in [0.1, 0.15) is 0 Å². The van der Waals surface area contributed by atoms with Crippen molar-refractivity contribution >= 4 is 57.0 Å². The Labute approximate surface area is 175 Å². The number of fused-ring (bicyclic) bond motifs is 1. The van der Waals surface area contributed by atoms with Crippen molar-refractivity contribution in [3.63, 3.8) is 0 Å². The van der Waals surface area contributed by atoms with Gasteiger partial charge in [0.15, 0.2) is 5.96 Å². The standard InChI is InChI=1S/C17H22N4O2S2.HI/c1-18-17(20-13-15-6-4-11-24-15)19-9-12-25(22,23)21-10-8-14-5-2-3-7-16(14)21;/h2-7,11H,8-10,12-13H2,1H3,(H2,18,19,20);1H. The Hall–Kier alpha value is -1.33. The summed E-state index contributed by atoms with van der Waals surface area (Å²) in [6, 6.07) is 11.7. The molecule has 9 heteroatoms. The molecule has 2 heterocycles. The number of thiophene rings is 1. The van der Waals surface area contributed by atoms with Crippen LogP contribution in [0.25, 0.3) is 0 Å². The van der Waals surface area contributed by atoms with Crippen LogP contribution in [0.15, 0.2) is 46.8 Å². The lowest BCUT2D eigenvalue weighted by Gasteiger charge is -2.20. The van der Waals surface area contributed by atoms with Gasteiger partial charge < -0.3 is 10.6 Å². The molecule has 2 aromatic rings. The molecule has 0 atom stereocenters. The summed E-state index contributed by atoms with van der Waals surface area (Å²) in [5.74, 6) is 0.631. The predicted octanol–water partition coefficient (Wildman–Crippen LogP) is 2.42. The Morgan fingerprint density at radius 1 is 1.23 bits per heavy atom. The molecule has 0 saturated heterocycles. The van der Waals surface area contributed by atoms with Crippen LogP contribution in [-0.4, -0.2) is 40.3 Å². The van der Waals surface area contributed by atoms with Crippen LogP contribution >= 0.6 is 35.3 Å². The molecule has 0 radical (unpaired) electrons. The van der Waals surface area contributed by atoms with E-state index in [0.717, 1.165) is 17.7 Å². The number of rotatable bonds is 6. The Bertz CT molecular complexity index is 838. The zero-order valence-electron chi connectivity index (χ0n) is 14.5. The van der Waals surface area contributed by atoms with Gasteiger partial charge in [0.05, 0.1) is 18.0 Å². The smallest absolute Gasteiger partial charge is 0.236 e. The highest BCUT2D eigenvalue weighted by Crippen LogP contribution is 2.29. The van der Waals surface area contributed by atoms with Crippen molar-refractivity contribution in [2.75, 3.05) is 30.2 Å². The van der Waals surface area contributed by atoms with Crippen LogP contribution < -0.4 is 14.9 Å². The van der Waals surface area contributed by atoms with E-state index in [9.17, 15) is 8.42 Å². The van der Waals surface area contributed by atoms with Gasteiger partial charge in [-0.25, -0.2) is 8.42 Å². The number of benzene rings is 1. The summed E-state index contributed by atoms with van der Waals surface area (Å²) in [5, 5.41) is 8.28. The molecule has 1 aliphatic rings. The quantitative estimate of drug-likeness (QED) is 0.359. The summed E-state index contributed by atoms with van der Waals surface area (Å²) in [7, 11) is -1.67. The highest BCUT2D eigenvalue weighted by Gasteiger charge is 2.28. The second-order valence-corrected chi connectivity index (χ2v) is 8.74. The Balaban J connectivity index is 0.00000243. The number of sulfonamides is 1. The second kappa shape index (κ2) is 9.56. The minimum atomic E-state index is -3.35. The molecule has 26 heavy (non-hydrogen) atoms. The number of nitrogens with zero attached hydrogens (tertiary/aromatic N) is 2. The molecule has 0 saturated carbocycles. The van der Waals surface area contributed by atoms with Gasteiger partial charge in [-0.15, -0.1) is 35.3 Å². The lowest BCUT2D eigenvalue weighted by atomic mass is 10.2. The van der Waals surface area contributed by atoms with Gasteiger partial charge in [-0.1, -0.05) is 24.3 Å². The van der Waals surface area contributed by atoms with Crippen molar-refractivity contribution in [1.82, 2.24) is 10.6 Å². The van der Waals surface area contributed by atoms with E-state index in [1.54, 1.807) is 18.4 Å². The predicted molar refractivity (Wildman–Crippen MR) is 119 cm³/mol. The highest BCUT2D eigenvalue weighted by molar-refractivity contribution is 14.0. The Kier molecular flexibility index (Phi) is 7.71. The number of para-hydroxylation sites is 1. The fraction of sp³-hybridized carbons (Fsp3) is 0.353. The van der Waals surface area contributed by atoms with Crippen molar-refractivity contribution in [2.24, 2.45) is 4.99 Å². The van der Waals surface area contributed by atoms with Crippen molar-refractivity contribution in [3.05, 3.63) is 52.2 Å². The van der Waals surface area contributed by atoms with Gasteiger partial charge in [-0.05, 0) is 29.5 Å². The number of hydrogen-bond acceptors (Lipinski definition) is 4. The monoisotopic (exact) mass is 506 g/mol. The van der Waals surface area contributed by atoms with Crippen molar-refractivity contribution in [1.29, 1.82) is 0 Å². The van der Waals surface area contributed by atoms with E-state index < -0.39 is 10.0 Å². The molecule has 0 fully saturated rings. The molecular formula is C17H23IN4O2S2. The first kappa shape index (κ1) is 21.0. The fourth-order valence-corrected chi connectivity index (χ4v) is 4.88. The lowest BCUT2D eigenvalue weighted by molar-refractivity contribution is 0.591. The molecule has 3 rings (SSSR count). The molecule has 1 aromatic heterocycles. The van der Waals surface area contributed by atoms with Gasteiger partial charge in [0, 0.05) is 25.0 Å². The molecule has 1 aliphatic heterocycles. The van der Waals surface area contributed by atoms with E-state index in [1.807, 2.05) is 41.8 Å². The molecule has 0 amide bonds. The molecule has 0 aliphatic carbocycles. The molecular weight excluding hydrogens is 483 g/mol. The van der Waals surface area contributed by atoms with E-state index in [-0.39, 0.29) is 29.7 Å². The lowest BCUT2D eigenvalue weighted by Crippen LogP contribution is -2.41. The number of nitrogens with one attached hydrogen (secondary N) is 2. The Morgan fingerprint density at radius 3 is 2.77 bits per heavy atom. The van der Waals surface area contributed by atoms with Crippen LogP contribution in [0.2, 0.25) is 0 Å². The first-order chi connectivity index (χ1) is 12.1. The Morgan fingerprint density at radius 2 is 2.04 bits per heavy atom. The third kappa shape index (κ3) is 5.10. The molecule has 1 aromatic carbocycles. The minimum Gasteiger partial charge on any atom is -0.355 e. The summed E-state index contributed by atoms with van der Waals surface area (Å²) in [6.45, 7) is 1.50. The van der Waals surface area contributed by atoms with E-state index in [2.05, 4.69) is 15.6 Å². The number of anilines is 1. The highest BCUT2D eigenvalue weighted by atomic mass is 127. The SMILES string of the molecule is CN=C(NCCS(=O)(=O)N1CCc2ccccc21)NCc1cccs1.I. The average molecular weight is 506 g/mol. The molecule has 142 valence electrons. The third-order valence-electron chi connectivity index (χ3n) is 4.07. The number of guanidine groups is 1. The zero-order valence-corrected chi connectivity index (χ0v) is 18.5. The topological polar surface area (TPSA) is 73.8 Å². The van der Waals surface area contributed by atoms with Gasteiger partial charge >= 0.3 is 0 Å². The van der Waals surface area contributed by atoms with Gasteiger partial charge in [0.2, 0.25) is 10.0 Å². The number of aliphatic imine (C=N–C) groups is 1. The van der Waals surface area contributed by atoms with Gasteiger partial charge in [-0.3, -0.25) is 9.30 Å². The number of halogens is 1. The maximum atomic E-state index is 12.6. The van der Waals surface area contributed by atoms with Crippen molar-refractivity contribution < 1.29 is 8.42 Å². The molecule has 6 nitrogen and oxygen atoms in total. The fourth-order valence-electron chi connectivity index (χ4n) is 2.81. The second-order valence-electron chi connectivity index (χ2n) is 5.70. The summed E-state index contributed by atoms with van der Waals surface area (Å²) in [5.41, 5.74) is 1.90. The van der Waals surface area contributed by atoms with E-state index in [4.69, 9.17) is 0 Å². The summed E-state index contributed by atoms with van der Waals surface area (Å²) < 4.78 is 26.8. The van der Waals surface area contributed by atoms with E-state index in [1.165, 1.54) is 9.18 Å². The van der Waals surface area contributed by atoms with Crippen LogP contribution in [-0.2, 0) is 23.0 Å². The first-order valence-electron chi connectivity index (χ1n) is 8.15. The van der Waals surface area contributed by atoms with E-state index >= 15 is 0 Å². The van der Waals surface area contributed by atoms with Crippen LogP contribution in [0, 0.1) is 0 Å². The normalized spacial score (nSPS) is 13.9. The zero-order chi connectivity index (χ0) is 17.7. The summed E-state index contributed by atoms with van der Waals surface area (Å²) in [4.78, 5) is 5.33. The van der Waals surface area contributed by atoms with Gasteiger partial charge in [-0.2, -0.15) is 0 Å². The summed E-state index contributed by atoms with van der Waals surface area (Å²) >= 11 is 1.67. The number of hydrogen-bond donors (Lipinski definition) is 2. The van der Waals surface area contributed by atoms with Crippen molar-refractivity contribution in [3.8, 4) is 0 Å². The van der Waals surface area contributed by atoms with Crippen LogP contribution in [0.5, 0.6) is 0 Å². The largest absolute Gasteiger partial charge is 0.355 e. The third-order valence-corrected chi connectivity index (χ3v) is 6.71. The molecule has 0 unspecified atom stereocenters. The maximum absolute atomic E-state index is 12.6. The van der Waals surface area contributed by atoms with Crippen molar-refractivity contribution in [2.45, 2.75) is 13.0 Å².